The van der Waals surface area contributed by atoms with E-state index < -0.39 is 11.7 Å². The quantitative estimate of drug-likeness (QED) is 0.851. The zero-order valence-corrected chi connectivity index (χ0v) is 12.6. The van der Waals surface area contributed by atoms with E-state index in [1.54, 1.807) is 0 Å². The molecule has 1 saturated heterocycles. The Morgan fingerprint density at radius 1 is 1.29 bits per heavy atom. The zero-order chi connectivity index (χ0) is 15.8. The molecule has 2 rings (SSSR count). The van der Waals surface area contributed by atoms with Crippen LogP contribution in [-0.4, -0.2) is 30.3 Å². The van der Waals surface area contributed by atoms with Crippen LogP contribution in [-0.2, 0) is 10.9 Å². The first kappa shape index (κ1) is 16.0. The molecule has 0 radical (unpaired) electrons. The molecule has 0 aromatic heterocycles. The summed E-state index contributed by atoms with van der Waals surface area (Å²) in [6.07, 6.45) is -4.43. The third-order valence-electron chi connectivity index (χ3n) is 3.36. The maximum absolute atomic E-state index is 13.0. The number of alkyl halides is 3. The summed E-state index contributed by atoms with van der Waals surface area (Å²) in [5.41, 5.74) is 5.19. The molecule has 3 nitrogen and oxygen atoms in total. The predicted molar refractivity (Wildman–Crippen MR) is 79.6 cm³/mol. The molecule has 1 fully saturated rings. The number of ether oxygens (including phenoxy) is 1. The minimum Gasteiger partial charge on any atom is -0.389 e. The lowest BCUT2D eigenvalue weighted by Crippen LogP contribution is -2.45. The van der Waals surface area contributed by atoms with Gasteiger partial charge in [0.05, 0.1) is 17.8 Å². The second-order valence-corrected chi connectivity index (χ2v) is 5.69. The van der Waals surface area contributed by atoms with Crippen molar-refractivity contribution in [2.24, 2.45) is 5.73 Å². The minimum absolute atomic E-state index is 0.0179. The molecule has 0 spiro atoms. The van der Waals surface area contributed by atoms with E-state index in [0.717, 1.165) is 6.07 Å². The fourth-order valence-corrected chi connectivity index (χ4v) is 2.74. The van der Waals surface area contributed by atoms with Crippen molar-refractivity contribution >= 4 is 22.9 Å². The molecule has 1 aliphatic heterocycles. The molecule has 0 bridgehead atoms. The van der Waals surface area contributed by atoms with E-state index in [0.29, 0.717) is 18.8 Å². The number of nitrogens with two attached hydrogens (primary N) is 1. The highest BCUT2D eigenvalue weighted by Gasteiger charge is 2.34. The summed E-state index contributed by atoms with van der Waals surface area (Å²) in [7, 11) is 0. The molecular formula is C14H17F3N2OS. The van der Waals surface area contributed by atoms with Gasteiger partial charge in [-0.3, -0.25) is 0 Å². The topological polar surface area (TPSA) is 38.5 Å². The molecule has 116 valence electrons. The van der Waals surface area contributed by atoms with E-state index in [1.165, 1.54) is 12.1 Å². The SMILES string of the molecule is CC1CN(c2ccc(C(F)(F)F)c(C(N)=S)c2)CC(C)O1. The van der Waals surface area contributed by atoms with Gasteiger partial charge in [-0.15, -0.1) is 0 Å². The van der Waals surface area contributed by atoms with Crippen LogP contribution in [0.15, 0.2) is 18.2 Å². The molecule has 7 heteroatoms. The number of benzene rings is 1. The number of anilines is 1. The smallest absolute Gasteiger partial charge is 0.389 e. The number of nitrogens with zero attached hydrogens (tertiary/aromatic N) is 1. The van der Waals surface area contributed by atoms with E-state index in [4.69, 9.17) is 22.7 Å². The molecule has 2 atom stereocenters. The van der Waals surface area contributed by atoms with Gasteiger partial charge in [0.15, 0.2) is 0 Å². The van der Waals surface area contributed by atoms with Crippen molar-refractivity contribution in [3.8, 4) is 0 Å². The third kappa shape index (κ3) is 3.65. The Labute approximate surface area is 126 Å². The van der Waals surface area contributed by atoms with Crippen LogP contribution in [0, 0.1) is 0 Å². The molecule has 1 heterocycles. The predicted octanol–water partition coefficient (Wildman–Crippen LogP) is 2.95. The Morgan fingerprint density at radius 3 is 2.33 bits per heavy atom. The van der Waals surface area contributed by atoms with Gasteiger partial charge in [0.1, 0.15) is 4.99 Å². The van der Waals surface area contributed by atoms with E-state index >= 15 is 0 Å². The number of thiocarbonyl (C=S) groups is 1. The summed E-state index contributed by atoms with van der Waals surface area (Å²) < 4.78 is 44.5. The van der Waals surface area contributed by atoms with Crippen LogP contribution in [0.3, 0.4) is 0 Å². The summed E-state index contributed by atoms with van der Waals surface area (Å²) in [5, 5.41) is 0. The molecule has 1 aromatic carbocycles. The van der Waals surface area contributed by atoms with Crippen LogP contribution >= 0.6 is 12.2 Å². The van der Waals surface area contributed by atoms with Gasteiger partial charge < -0.3 is 15.4 Å². The van der Waals surface area contributed by atoms with E-state index in [9.17, 15) is 13.2 Å². The summed E-state index contributed by atoms with van der Waals surface area (Å²) in [4.78, 5) is 1.74. The van der Waals surface area contributed by atoms with Crippen LogP contribution in [0.4, 0.5) is 18.9 Å². The number of morpholine rings is 1. The molecule has 1 aromatic rings. The molecule has 21 heavy (non-hydrogen) atoms. The maximum atomic E-state index is 13.0. The first-order chi connectivity index (χ1) is 9.68. The normalized spacial score (nSPS) is 23.2. The van der Waals surface area contributed by atoms with Gasteiger partial charge in [0.2, 0.25) is 0 Å². The van der Waals surface area contributed by atoms with Gasteiger partial charge in [0, 0.05) is 24.3 Å². The second-order valence-electron chi connectivity index (χ2n) is 5.25. The second kappa shape index (κ2) is 5.81. The Bertz CT molecular complexity index is 538. The van der Waals surface area contributed by atoms with Crippen molar-refractivity contribution < 1.29 is 17.9 Å². The number of hydrogen-bond acceptors (Lipinski definition) is 3. The number of rotatable bonds is 2. The van der Waals surface area contributed by atoms with Crippen LogP contribution in [0.1, 0.15) is 25.0 Å². The first-order valence-corrected chi connectivity index (χ1v) is 7.00. The summed E-state index contributed by atoms with van der Waals surface area (Å²) >= 11 is 4.76. The molecule has 0 aliphatic carbocycles. The van der Waals surface area contributed by atoms with Gasteiger partial charge >= 0.3 is 6.18 Å². The highest BCUT2D eigenvalue weighted by atomic mass is 32.1. The van der Waals surface area contributed by atoms with Gasteiger partial charge in [-0.25, -0.2) is 0 Å². The van der Waals surface area contributed by atoms with Gasteiger partial charge in [-0.1, -0.05) is 12.2 Å². The first-order valence-electron chi connectivity index (χ1n) is 6.60. The zero-order valence-electron chi connectivity index (χ0n) is 11.8. The largest absolute Gasteiger partial charge is 0.417 e. The maximum Gasteiger partial charge on any atom is 0.417 e. The monoisotopic (exact) mass is 318 g/mol. The average Bonchev–Trinajstić information content (AvgIpc) is 2.35. The molecule has 0 saturated carbocycles. The van der Waals surface area contributed by atoms with Crippen molar-refractivity contribution in [1.29, 1.82) is 0 Å². The van der Waals surface area contributed by atoms with Crippen molar-refractivity contribution in [2.45, 2.75) is 32.2 Å². The van der Waals surface area contributed by atoms with Gasteiger partial charge in [-0.05, 0) is 32.0 Å². The Balaban J connectivity index is 2.38. The van der Waals surface area contributed by atoms with Crippen molar-refractivity contribution in [3.63, 3.8) is 0 Å². The lowest BCUT2D eigenvalue weighted by Gasteiger charge is -2.37. The number of hydrogen-bond donors (Lipinski definition) is 1. The van der Waals surface area contributed by atoms with Crippen LogP contribution < -0.4 is 10.6 Å². The Kier molecular flexibility index (Phi) is 4.43. The highest BCUT2D eigenvalue weighted by molar-refractivity contribution is 7.80. The van der Waals surface area contributed by atoms with E-state index in [1.807, 2.05) is 18.7 Å². The molecule has 1 aliphatic rings. The van der Waals surface area contributed by atoms with Crippen molar-refractivity contribution in [1.82, 2.24) is 0 Å². The van der Waals surface area contributed by atoms with Gasteiger partial charge in [0.25, 0.3) is 0 Å². The van der Waals surface area contributed by atoms with Gasteiger partial charge in [-0.2, -0.15) is 13.2 Å². The molecule has 2 N–H and O–H groups in total. The van der Waals surface area contributed by atoms with Crippen LogP contribution in [0.2, 0.25) is 0 Å². The van der Waals surface area contributed by atoms with Crippen LogP contribution in [0.25, 0.3) is 0 Å². The standard InChI is InChI=1S/C14H17F3N2OS/c1-8-6-19(7-9(2)20-8)10-3-4-12(14(15,16)17)11(5-10)13(18)21/h3-5,8-9H,6-7H2,1-2H3,(H2,18,21). The summed E-state index contributed by atoms with van der Waals surface area (Å²) in [6.45, 7) is 5.10. The molecule has 2 unspecified atom stereocenters. The summed E-state index contributed by atoms with van der Waals surface area (Å²) in [6, 6.07) is 3.90. The van der Waals surface area contributed by atoms with E-state index in [2.05, 4.69) is 0 Å². The fraction of sp³-hybridized carbons (Fsp3) is 0.500. The average molecular weight is 318 g/mol. The van der Waals surface area contributed by atoms with E-state index in [-0.39, 0.29) is 22.8 Å². The third-order valence-corrected chi connectivity index (χ3v) is 3.58. The number of halogens is 3. The van der Waals surface area contributed by atoms with Crippen LogP contribution in [0.5, 0.6) is 0 Å². The van der Waals surface area contributed by atoms with Crippen molar-refractivity contribution in [3.05, 3.63) is 29.3 Å². The lowest BCUT2D eigenvalue weighted by molar-refractivity contribution is -0.137. The lowest BCUT2D eigenvalue weighted by atomic mass is 10.0. The molecule has 0 amide bonds. The highest BCUT2D eigenvalue weighted by Crippen LogP contribution is 2.34. The van der Waals surface area contributed by atoms with Crippen molar-refractivity contribution in [2.75, 3.05) is 18.0 Å². The minimum atomic E-state index is -4.47. The Morgan fingerprint density at radius 2 is 1.86 bits per heavy atom. The fourth-order valence-electron chi connectivity index (χ4n) is 2.57. The molecular weight excluding hydrogens is 301 g/mol. The Hall–Kier alpha value is -1.34. The summed E-state index contributed by atoms with van der Waals surface area (Å²) in [5.74, 6) is 0.